The molecule has 0 aliphatic carbocycles. The van der Waals surface area contributed by atoms with Crippen LogP contribution in [-0.2, 0) is 6.54 Å². The molecule has 22 heavy (non-hydrogen) atoms. The van der Waals surface area contributed by atoms with Gasteiger partial charge in [-0.1, -0.05) is 40.9 Å². The number of aromatic nitrogens is 2. The Morgan fingerprint density at radius 1 is 1.27 bits per heavy atom. The molecule has 0 saturated carbocycles. The highest BCUT2D eigenvalue weighted by Gasteiger charge is 2.06. The minimum Gasteiger partial charge on any atom is -0.362 e. The highest BCUT2D eigenvalue weighted by Crippen LogP contribution is 2.29. The van der Waals surface area contributed by atoms with E-state index in [0.717, 1.165) is 18.7 Å². The van der Waals surface area contributed by atoms with E-state index in [1.807, 2.05) is 23.7 Å². The minimum absolute atomic E-state index is 0.454. The molecule has 1 heterocycles. The van der Waals surface area contributed by atoms with Gasteiger partial charge in [0.1, 0.15) is 0 Å². The summed E-state index contributed by atoms with van der Waals surface area (Å²) in [4.78, 5) is 0. The number of aryl methyl sites for hydroxylation is 1. The van der Waals surface area contributed by atoms with Crippen molar-refractivity contribution < 1.29 is 0 Å². The Morgan fingerprint density at radius 2 is 2.05 bits per heavy atom. The van der Waals surface area contributed by atoms with Crippen molar-refractivity contribution in [3.8, 4) is 0 Å². The lowest BCUT2D eigenvalue weighted by atomic mass is 10.3. The maximum atomic E-state index is 6.09. The van der Waals surface area contributed by atoms with Crippen molar-refractivity contribution in [2.24, 2.45) is 0 Å². The molecule has 0 atom stereocenters. The molecule has 0 saturated heterocycles. The van der Waals surface area contributed by atoms with Crippen LogP contribution in [-0.4, -0.2) is 21.4 Å². The third-order valence-corrected chi connectivity index (χ3v) is 4.51. The van der Waals surface area contributed by atoms with Gasteiger partial charge in [0, 0.05) is 13.1 Å². The largest absolute Gasteiger partial charge is 0.362 e. The van der Waals surface area contributed by atoms with Crippen LogP contribution >= 0.6 is 47.0 Å². The molecule has 0 radical (unpaired) electrons. The zero-order valence-corrected chi connectivity index (χ0v) is 15.0. The van der Waals surface area contributed by atoms with E-state index in [-0.39, 0.29) is 0 Å². The molecular formula is C14H15Cl3N4S. The van der Waals surface area contributed by atoms with Gasteiger partial charge in [0.2, 0.25) is 0 Å². The number of anilines is 1. The summed E-state index contributed by atoms with van der Waals surface area (Å²) in [6.07, 6.45) is 2.52. The number of benzene rings is 1. The Hall–Kier alpha value is -1.01. The van der Waals surface area contributed by atoms with Crippen molar-refractivity contribution in [1.29, 1.82) is 0 Å². The second kappa shape index (κ2) is 8.02. The standard InChI is InChI=1S/C14H15Cl3N4S/c1-9-11(16)8-19-21(9)7-3-6-18-14(22)20-12-5-2-4-10(15)13(12)17/h2,4-5,8H,3,6-7H2,1H3,(H2,18,20,22). The van der Waals surface area contributed by atoms with Crippen molar-refractivity contribution >= 4 is 57.8 Å². The normalized spacial score (nSPS) is 10.5. The molecule has 2 N–H and O–H groups in total. The summed E-state index contributed by atoms with van der Waals surface area (Å²) in [5.74, 6) is 0. The van der Waals surface area contributed by atoms with Gasteiger partial charge in [0.05, 0.1) is 32.6 Å². The van der Waals surface area contributed by atoms with Crippen LogP contribution in [0.4, 0.5) is 5.69 Å². The molecule has 0 spiro atoms. The molecule has 1 aromatic heterocycles. The molecule has 118 valence electrons. The summed E-state index contributed by atoms with van der Waals surface area (Å²) >= 11 is 23.2. The van der Waals surface area contributed by atoms with Gasteiger partial charge in [-0.25, -0.2) is 0 Å². The molecule has 0 bridgehead atoms. The van der Waals surface area contributed by atoms with Crippen LogP contribution in [0.3, 0.4) is 0 Å². The Labute approximate surface area is 149 Å². The number of nitrogens with zero attached hydrogens (tertiary/aromatic N) is 2. The Morgan fingerprint density at radius 3 is 2.73 bits per heavy atom. The quantitative estimate of drug-likeness (QED) is 0.593. The zero-order chi connectivity index (χ0) is 16.1. The van der Waals surface area contributed by atoms with E-state index in [1.165, 1.54) is 0 Å². The second-order valence-electron chi connectivity index (χ2n) is 4.64. The van der Waals surface area contributed by atoms with Crippen molar-refractivity contribution in [3.63, 3.8) is 0 Å². The SMILES string of the molecule is Cc1c(Cl)cnn1CCCNC(=S)Nc1cccc(Cl)c1Cl. The third kappa shape index (κ3) is 4.49. The molecule has 8 heteroatoms. The number of nitrogens with one attached hydrogen (secondary N) is 2. The van der Waals surface area contributed by atoms with Gasteiger partial charge >= 0.3 is 0 Å². The van der Waals surface area contributed by atoms with Crippen molar-refractivity contribution in [1.82, 2.24) is 15.1 Å². The molecule has 2 aromatic rings. The molecule has 0 unspecified atom stereocenters. The van der Waals surface area contributed by atoms with E-state index in [9.17, 15) is 0 Å². The topological polar surface area (TPSA) is 41.9 Å². The average molecular weight is 378 g/mol. The monoisotopic (exact) mass is 376 g/mol. The van der Waals surface area contributed by atoms with E-state index in [4.69, 9.17) is 47.0 Å². The number of hydrogen-bond acceptors (Lipinski definition) is 2. The van der Waals surface area contributed by atoms with Gasteiger partial charge < -0.3 is 10.6 Å². The van der Waals surface area contributed by atoms with Gasteiger partial charge in [-0.2, -0.15) is 5.10 Å². The zero-order valence-electron chi connectivity index (χ0n) is 11.9. The highest BCUT2D eigenvalue weighted by molar-refractivity contribution is 7.80. The lowest BCUT2D eigenvalue weighted by Crippen LogP contribution is -2.30. The van der Waals surface area contributed by atoms with Crippen molar-refractivity contribution in [3.05, 3.63) is 45.2 Å². The summed E-state index contributed by atoms with van der Waals surface area (Å²) in [6, 6.07) is 5.35. The summed E-state index contributed by atoms with van der Waals surface area (Å²) in [6.45, 7) is 3.42. The minimum atomic E-state index is 0.454. The first-order chi connectivity index (χ1) is 10.5. The Balaban J connectivity index is 1.76. The van der Waals surface area contributed by atoms with E-state index in [1.54, 1.807) is 12.3 Å². The average Bonchev–Trinajstić information content (AvgIpc) is 2.80. The fourth-order valence-electron chi connectivity index (χ4n) is 1.85. The molecule has 0 aliphatic rings. The number of rotatable bonds is 5. The van der Waals surface area contributed by atoms with Gasteiger partial charge in [0.25, 0.3) is 0 Å². The summed E-state index contributed by atoms with van der Waals surface area (Å²) in [5, 5.41) is 12.5. The molecule has 0 amide bonds. The first kappa shape index (κ1) is 17.3. The van der Waals surface area contributed by atoms with Crippen molar-refractivity contribution in [2.45, 2.75) is 19.9 Å². The number of thiocarbonyl (C=S) groups is 1. The predicted molar refractivity (Wildman–Crippen MR) is 97.3 cm³/mol. The van der Waals surface area contributed by atoms with Crippen LogP contribution in [0.5, 0.6) is 0 Å². The summed E-state index contributed by atoms with van der Waals surface area (Å²) in [7, 11) is 0. The van der Waals surface area contributed by atoms with Gasteiger partial charge in [-0.3, -0.25) is 4.68 Å². The number of hydrogen-bond donors (Lipinski definition) is 2. The maximum Gasteiger partial charge on any atom is 0.170 e. The van der Waals surface area contributed by atoms with E-state index >= 15 is 0 Å². The lowest BCUT2D eigenvalue weighted by Gasteiger charge is -2.12. The smallest absolute Gasteiger partial charge is 0.170 e. The van der Waals surface area contributed by atoms with E-state index in [0.29, 0.717) is 32.4 Å². The number of halogens is 3. The van der Waals surface area contributed by atoms with Crippen LogP contribution in [0.15, 0.2) is 24.4 Å². The predicted octanol–water partition coefficient (Wildman–Crippen LogP) is 4.53. The first-order valence-corrected chi connectivity index (χ1v) is 8.20. The van der Waals surface area contributed by atoms with Crippen LogP contribution in [0, 0.1) is 6.92 Å². The lowest BCUT2D eigenvalue weighted by molar-refractivity contribution is 0.561. The molecule has 0 fully saturated rings. The third-order valence-electron chi connectivity index (χ3n) is 3.08. The van der Waals surface area contributed by atoms with E-state index in [2.05, 4.69) is 15.7 Å². The van der Waals surface area contributed by atoms with E-state index < -0.39 is 0 Å². The van der Waals surface area contributed by atoms with Gasteiger partial charge in [-0.15, -0.1) is 0 Å². The molecule has 1 aromatic carbocycles. The van der Waals surface area contributed by atoms with Crippen LogP contribution in [0.2, 0.25) is 15.1 Å². The fourth-order valence-corrected chi connectivity index (χ4v) is 2.55. The van der Waals surface area contributed by atoms with Gasteiger partial charge in [0.15, 0.2) is 5.11 Å². The molecular weight excluding hydrogens is 363 g/mol. The summed E-state index contributed by atoms with van der Waals surface area (Å²) < 4.78 is 1.87. The Bertz CT molecular complexity index is 672. The molecule has 0 aliphatic heterocycles. The van der Waals surface area contributed by atoms with Crippen LogP contribution in [0.25, 0.3) is 0 Å². The fraction of sp³-hybridized carbons (Fsp3) is 0.286. The van der Waals surface area contributed by atoms with Crippen molar-refractivity contribution in [2.75, 3.05) is 11.9 Å². The van der Waals surface area contributed by atoms with Crippen LogP contribution < -0.4 is 10.6 Å². The summed E-state index contributed by atoms with van der Waals surface area (Å²) in [5.41, 5.74) is 1.65. The maximum absolute atomic E-state index is 6.09. The Kier molecular flexibility index (Phi) is 6.32. The van der Waals surface area contributed by atoms with Gasteiger partial charge in [-0.05, 0) is 37.7 Å². The molecule has 4 nitrogen and oxygen atoms in total. The first-order valence-electron chi connectivity index (χ1n) is 6.66. The highest BCUT2D eigenvalue weighted by atomic mass is 35.5. The van der Waals surface area contributed by atoms with Crippen LogP contribution in [0.1, 0.15) is 12.1 Å². The second-order valence-corrected chi connectivity index (χ2v) is 6.24. The molecule has 2 rings (SSSR count).